The van der Waals surface area contributed by atoms with Gasteiger partial charge in [-0.15, -0.1) is 0 Å². The summed E-state index contributed by atoms with van der Waals surface area (Å²) in [6.07, 6.45) is 0.141. The lowest BCUT2D eigenvalue weighted by Crippen LogP contribution is -2.43. The van der Waals surface area contributed by atoms with Crippen LogP contribution in [0.1, 0.15) is 27.2 Å². The van der Waals surface area contributed by atoms with Crippen molar-refractivity contribution in [2.75, 3.05) is 13.7 Å². The summed E-state index contributed by atoms with van der Waals surface area (Å²) in [5.74, 6) is -0.198. The van der Waals surface area contributed by atoms with Crippen LogP contribution in [0.5, 0.6) is 0 Å². The molecule has 0 aromatic carbocycles. The van der Waals surface area contributed by atoms with Gasteiger partial charge < -0.3 is 15.2 Å². The Bertz CT molecular complexity index is 168. The second-order valence-corrected chi connectivity index (χ2v) is 3.45. The molecule has 13 heavy (non-hydrogen) atoms. The number of ether oxygens (including phenoxy) is 1. The van der Waals surface area contributed by atoms with E-state index in [1.807, 2.05) is 6.92 Å². The van der Waals surface area contributed by atoms with Crippen molar-refractivity contribution in [1.29, 1.82) is 0 Å². The standard InChI is InChI=1S/C9H19NO3/c1-5-9(3,12)6-10-8(11)7(2)13-4/h7,12H,5-6H2,1-4H3,(H,10,11). The number of methoxy groups -OCH3 is 1. The lowest BCUT2D eigenvalue weighted by atomic mass is 10.0. The van der Waals surface area contributed by atoms with Gasteiger partial charge in [-0.05, 0) is 20.3 Å². The Labute approximate surface area is 79.3 Å². The van der Waals surface area contributed by atoms with E-state index in [2.05, 4.69) is 5.32 Å². The third-order valence-electron chi connectivity index (χ3n) is 2.13. The third-order valence-corrected chi connectivity index (χ3v) is 2.13. The normalized spacial score (nSPS) is 17.6. The molecule has 1 amide bonds. The fraction of sp³-hybridized carbons (Fsp3) is 0.889. The monoisotopic (exact) mass is 189 g/mol. The Kier molecular flexibility index (Phi) is 4.95. The average Bonchev–Trinajstić information content (AvgIpc) is 2.13. The van der Waals surface area contributed by atoms with Gasteiger partial charge >= 0.3 is 0 Å². The van der Waals surface area contributed by atoms with E-state index in [0.29, 0.717) is 6.42 Å². The van der Waals surface area contributed by atoms with Crippen LogP contribution in [0.15, 0.2) is 0 Å². The number of carbonyl (C=O) groups is 1. The number of aliphatic hydroxyl groups is 1. The van der Waals surface area contributed by atoms with E-state index < -0.39 is 11.7 Å². The van der Waals surface area contributed by atoms with Gasteiger partial charge in [0.2, 0.25) is 5.91 Å². The van der Waals surface area contributed by atoms with Crippen LogP contribution in [0.2, 0.25) is 0 Å². The Balaban J connectivity index is 3.83. The molecular weight excluding hydrogens is 170 g/mol. The van der Waals surface area contributed by atoms with Crippen molar-refractivity contribution in [1.82, 2.24) is 5.32 Å². The summed E-state index contributed by atoms with van der Waals surface area (Å²) >= 11 is 0. The highest BCUT2D eigenvalue weighted by atomic mass is 16.5. The van der Waals surface area contributed by atoms with E-state index in [1.54, 1.807) is 13.8 Å². The Morgan fingerprint density at radius 1 is 1.69 bits per heavy atom. The van der Waals surface area contributed by atoms with Gasteiger partial charge in [0.15, 0.2) is 0 Å². The summed E-state index contributed by atoms with van der Waals surface area (Å²) < 4.78 is 4.82. The van der Waals surface area contributed by atoms with Gasteiger partial charge in [0.05, 0.1) is 5.60 Å². The molecule has 2 atom stereocenters. The molecule has 4 nitrogen and oxygen atoms in total. The zero-order chi connectivity index (χ0) is 10.5. The molecule has 0 heterocycles. The molecule has 4 heteroatoms. The molecule has 0 fully saturated rings. The van der Waals surface area contributed by atoms with E-state index in [-0.39, 0.29) is 12.5 Å². The van der Waals surface area contributed by atoms with Gasteiger partial charge in [0.1, 0.15) is 6.10 Å². The van der Waals surface area contributed by atoms with Crippen molar-refractivity contribution in [3.05, 3.63) is 0 Å². The maximum absolute atomic E-state index is 11.2. The fourth-order valence-corrected chi connectivity index (χ4v) is 0.653. The van der Waals surface area contributed by atoms with E-state index in [1.165, 1.54) is 7.11 Å². The molecule has 78 valence electrons. The summed E-state index contributed by atoms with van der Waals surface area (Å²) in [5, 5.41) is 12.2. The summed E-state index contributed by atoms with van der Waals surface area (Å²) in [6.45, 7) is 5.47. The predicted octanol–water partition coefficient (Wildman–Crippen LogP) is 0.298. The maximum Gasteiger partial charge on any atom is 0.248 e. The van der Waals surface area contributed by atoms with Crippen molar-refractivity contribution in [3.8, 4) is 0 Å². The SMILES string of the molecule is CCC(C)(O)CNC(=O)C(C)OC. The Morgan fingerprint density at radius 2 is 2.23 bits per heavy atom. The maximum atomic E-state index is 11.2. The van der Waals surface area contributed by atoms with Gasteiger partial charge in [-0.25, -0.2) is 0 Å². The molecule has 0 aliphatic carbocycles. The zero-order valence-electron chi connectivity index (χ0n) is 8.76. The van der Waals surface area contributed by atoms with E-state index in [0.717, 1.165) is 0 Å². The van der Waals surface area contributed by atoms with Crippen LogP contribution in [-0.4, -0.2) is 36.4 Å². The first-order valence-electron chi connectivity index (χ1n) is 4.46. The number of nitrogens with one attached hydrogen (secondary N) is 1. The van der Waals surface area contributed by atoms with Crippen molar-refractivity contribution < 1.29 is 14.6 Å². The highest BCUT2D eigenvalue weighted by Crippen LogP contribution is 2.05. The summed E-state index contributed by atoms with van der Waals surface area (Å²) in [6, 6.07) is 0. The number of rotatable bonds is 5. The number of hydrogen-bond donors (Lipinski definition) is 2. The topological polar surface area (TPSA) is 58.6 Å². The van der Waals surface area contributed by atoms with Crippen LogP contribution in [0.25, 0.3) is 0 Å². The highest BCUT2D eigenvalue weighted by molar-refractivity contribution is 5.80. The van der Waals surface area contributed by atoms with Crippen LogP contribution in [0.3, 0.4) is 0 Å². The third kappa shape index (κ3) is 4.85. The minimum Gasteiger partial charge on any atom is -0.388 e. The summed E-state index contributed by atoms with van der Waals surface area (Å²) in [7, 11) is 1.47. The van der Waals surface area contributed by atoms with E-state index in [4.69, 9.17) is 4.74 Å². The van der Waals surface area contributed by atoms with Crippen LogP contribution < -0.4 is 5.32 Å². The molecule has 0 rings (SSSR count). The van der Waals surface area contributed by atoms with Gasteiger partial charge in [0.25, 0.3) is 0 Å². The van der Waals surface area contributed by atoms with Crippen molar-refractivity contribution >= 4 is 5.91 Å². The molecule has 0 saturated carbocycles. The van der Waals surface area contributed by atoms with E-state index >= 15 is 0 Å². The van der Waals surface area contributed by atoms with Crippen molar-refractivity contribution in [2.24, 2.45) is 0 Å². The minimum atomic E-state index is -0.830. The molecule has 0 bridgehead atoms. The lowest BCUT2D eigenvalue weighted by molar-refractivity contribution is -0.131. The van der Waals surface area contributed by atoms with Gasteiger partial charge in [-0.1, -0.05) is 6.92 Å². The molecular formula is C9H19NO3. The molecule has 0 aliphatic heterocycles. The quantitative estimate of drug-likeness (QED) is 0.654. The second kappa shape index (κ2) is 5.19. The molecule has 2 unspecified atom stereocenters. The first-order valence-corrected chi connectivity index (χ1v) is 4.46. The molecule has 0 radical (unpaired) electrons. The molecule has 0 aromatic heterocycles. The molecule has 2 N–H and O–H groups in total. The van der Waals surface area contributed by atoms with Crippen LogP contribution in [-0.2, 0) is 9.53 Å². The number of hydrogen-bond acceptors (Lipinski definition) is 3. The minimum absolute atomic E-state index is 0.198. The highest BCUT2D eigenvalue weighted by Gasteiger charge is 2.20. The summed E-state index contributed by atoms with van der Waals surface area (Å²) in [4.78, 5) is 11.2. The summed E-state index contributed by atoms with van der Waals surface area (Å²) in [5.41, 5.74) is -0.830. The molecule has 0 spiro atoms. The molecule has 0 aliphatic rings. The van der Waals surface area contributed by atoms with E-state index in [9.17, 15) is 9.90 Å². The first-order chi connectivity index (χ1) is 5.93. The van der Waals surface area contributed by atoms with Crippen LogP contribution in [0.4, 0.5) is 0 Å². The predicted molar refractivity (Wildman–Crippen MR) is 50.4 cm³/mol. The Hall–Kier alpha value is -0.610. The van der Waals surface area contributed by atoms with Crippen LogP contribution >= 0.6 is 0 Å². The molecule has 0 aromatic rings. The molecule has 0 saturated heterocycles. The smallest absolute Gasteiger partial charge is 0.248 e. The first kappa shape index (κ1) is 12.4. The van der Waals surface area contributed by atoms with Gasteiger partial charge in [-0.3, -0.25) is 4.79 Å². The van der Waals surface area contributed by atoms with Crippen molar-refractivity contribution in [3.63, 3.8) is 0 Å². The van der Waals surface area contributed by atoms with Crippen molar-refractivity contribution in [2.45, 2.75) is 38.9 Å². The van der Waals surface area contributed by atoms with Gasteiger partial charge in [-0.2, -0.15) is 0 Å². The van der Waals surface area contributed by atoms with Gasteiger partial charge in [0, 0.05) is 13.7 Å². The fourth-order valence-electron chi connectivity index (χ4n) is 0.653. The largest absolute Gasteiger partial charge is 0.388 e. The number of amides is 1. The lowest BCUT2D eigenvalue weighted by Gasteiger charge is -2.22. The number of carbonyl (C=O) groups excluding carboxylic acids is 1. The van der Waals surface area contributed by atoms with Crippen LogP contribution in [0, 0.1) is 0 Å². The Morgan fingerprint density at radius 3 is 2.62 bits per heavy atom. The average molecular weight is 189 g/mol. The second-order valence-electron chi connectivity index (χ2n) is 3.45. The zero-order valence-corrected chi connectivity index (χ0v) is 8.76.